The molecule has 6 nitrogen and oxygen atoms in total. The molecule has 0 bridgehead atoms. The molecule has 0 spiro atoms. The fraction of sp³-hybridized carbons (Fsp3) is 0.467. The van der Waals surface area contributed by atoms with Gasteiger partial charge < -0.3 is 14.8 Å². The number of pyridine rings is 1. The van der Waals surface area contributed by atoms with Gasteiger partial charge in [-0.05, 0) is 19.9 Å². The summed E-state index contributed by atoms with van der Waals surface area (Å²) in [5, 5.41) is 7.55. The van der Waals surface area contributed by atoms with Gasteiger partial charge in [0.15, 0.2) is 5.75 Å². The van der Waals surface area contributed by atoms with E-state index < -0.39 is 0 Å². The second kappa shape index (κ2) is 7.75. The van der Waals surface area contributed by atoms with Gasteiger partial charge in [0.05, 0.1) is 19.0 Å². The smallest absolute Gasteiger partial charge is 0.223 e. The summed E-state index contributed by atoms with van der Waals surface area (Å²) in [5.41, 5.74) is 1.01. The van der Waals surface area contributed by atoms with Crippen LogP contribution in [0.3, 0.4) is 0 Å². The molecule has 2 aromatic heterocycles. The maximum atomic E-state index is 5.83. The highest BCUT2D eigenvalue weighted by Gasteiger charge is 2.08. The lowest BCUT2D eigenvalue weighted by Crippen LogP contribution is -2.19. The Balaban J connectivity index is 2.01. The van der Waals surface area contributed by atoms with Gasteiger partial charge in [0.2, 0.25) is 5.88 Å². The topological polar surface area (TPSA) is 61.2 Å². The van der Waals surface area contributed by atoms with Crippen LogP contribution in [0.15, 0.2) is 30.7 Å². The lowest BCUT2D eigenvalue weighted by atomic mass is 10.2. The van der Waals surface area contributed by atoms with Crippen molar-refractivity contribution >= 4 is 0 Å². The Kier molecular flexibility index (Phi) is 5.71. The van der Waals surface area contributed by atoms with Crippen molar-refractivity contribution in [2.24, 2.45) is 0 Å². The molecule has 0 aliphatic rings. The number of aromatic nitrogens is 3. The van der Waals surface area contributed by atoms with Gasteiger partial charge in [-0.25, -0.2) is 4.98 Å². The summed E-state index contributed by atoms with van der Waals surface area (Å²) in [6.45, 7) is 6.30. The number of hydrogen-bond donors (Lipinski definition) is 1. The summed E-state index contributed by atoms with van der Waals surface area (Å²) in [6, 6.07) is 4.20. The molecular weight excluding hydrogens is 268 g/mol. The molecule has 0 fully saturated rings. The number of nitrogens with one attached hydrogen (secondary N) is 1. The molecule has 114 valence electrons. The zero-order chi connectivity index (χ0) is 15.1. The molecule has 0 saturated heterocycles. The fourth-order valence-corrected chi connectivity index (χ4v) is 1.82. The van der Waals surface area contributed by atoms with E-state index in [-0.39, 0.29) is 0 Å². The third kappa shape index (κ3) is 4.54. The van der Waals surface area contributed by atoms with E-state index in [1.807, 2.05) is 23.0 Å². The van der Waals surface area contributed by atoms with Crippen molar-refractivity contribution in [2.75, 3.05) is 20.3 Å². The largest absolute Gasteiger partial charge is 0.435 e. The van der Waals surface area contributed by atoms with Crippen LogP contribution in [0.2, 0.25) is 0 Å². The SMILES string of the molecule is COCCNCc1cccnc1Oc1cnn(C(C)C)c1. The summed E-state index contributed by atoms with van der Waals surface area (Å²) in [4.78, 5) is 4.30. The van der Waals surface area contributed by atoms with Gasteiger partial charge in [-0.15, -0.1) is 0 Å². The van der Waals surface area contributed by atoms with Crippen molar-refractivity contribution in [3.8, 4) is 11.6 Å². The van der Waals surface area contributed by atoms with E-state index in [0.29, 0.717) is 30.8 Å². The first-order chi connectivity index (χ1) is 10.2. The third-order valence-electron chi connectivity index (χ3n) is 2.97. The Bertz CT molecular complexity index is 554. The maximum absolute atomic E-state index is 5.83. The van der Waals surface area contributed by atoms with Crippen LogP contribution in [-0.4, -0.2) is 35.0 Å². The van der Waals surface area contributed by atoms with Crippen molar-refractivity contribution in [3.63, 3.8) is 0 Å². The molecule has 0 unspecified atom stereocenters. The molecule has 0 aliphatic heterocycles. The second-order valence-corrected chi connectivity index (χ2v) is 4.99. The lowest BCUT2D eigenvalue weighted by Gasteiger charge is -2.09. The first-order valence-corrected chi connectivity index (χ1v) is 7.06. The second-order valence-electron chi connectivity index (χ2n) is 4.99. The zero-order valence-electron chi connectivity index (χ0n) is 12.7. The van der Waals surface area contributed by atoms with Crippen LogP contribution < -0.4 is 10.1 Å². The molecule has 2 aromatic rings. The average molecular weight is 290 g/mol. The van der Waals surface area contributed by atoms with Gasteiger partial charge in [0, 0.05) is 38.0 Å². The Morgan fingerprint density at radius 2 is 2.24 bits per heavy atom. The molecule has 2 rings (SSSR count). The predicted molar refractivity (Wildman–Crippen MR) is 80.5 cm³/mol. The molecule has 0 saturated carbocycles. The highest BCUT2D eigenvalue weighted by molar-refractivity contribution is 5.30. The standard InChI is InChI=1S/C15H22N4O2/c1-12(2)19-11-14(10-18-19)21-15-13(5-4-6-17-15)9-16-7-8-20-3/h4-6,10-12,16H,7-9H2,1-3H3. The van der Waals surface area contributed by atoms with Gasteiger partial charge in [-0.3, -0.25) is 4.68 Å². The van der Waals surface area contributed by atoms with E-state index in [9.17, 15) is 0 Å². The minimum atomic E-state index is 0.307. The summed E-state index contributed by atoms with van der Waals surface area (Å²) in [6.07, 6.45) is 5.30. The molecule has 0 atom stereocenters. The van der Waals surface area contributed by atoms with Crippen LogP contribution in [0.5, 0.6) is 11.6 Å². The zero-order valence-corrected chi connectivity index (χ0v) is 12.7. The molecule has 2 heterocycles. The van der Waals surface area contributed by atoms with Gasteiger partial charge in [0.25, 0.3) is 0 Å². The lowest BCUT2D eigenvalue weighted by molar-refractivity contribution is 0.199. The highest BCUT2D eigenvalue weighted by Crippen LogP contribution is 2.23. The molecule has 0 aromatic carbocycles. The summed E-state index contributed by atoms with van der Waals surface area (Å²) >= 11 is 0. The number of rotatable bonds is 8. The van der Waals surface area contributed by atoms with E-state index in [1.54, 1.807) is 19.5 Å². The maximum Gasteiger partial charge on any atom is 0.223 e. The van der Waals surface area contributed by atoms with Crippen LogP contribution in [0, 0.1) is 0 Å². The molecule has 6 heteroatoms. The van der Waals surface area contributed by atoms with Crippen molar-refractivity contribution in [1.82, 2.24) is 20.1 Å². The van der Waals surface area contributed by atoms with Gasteiger partial charge in [0.1, 0.15) is 0 Å². The number of hydrogen-bond acceptors (Lipinski definition) is 5. The molecule has 0 aliphatic carbocycles. The molecule has 1 N–H and O–H groups in total. The van der Waals surface area contributed by atoms with E-state index in [2.05, 4.69) is 29.2 Å². The average Bonchev–Trinajstić information content (AvgIpc) is 2.94. The van der Waals surface area contributed by atoms with Crippen molar-refractivity contribution < 1.29 is 9.47 Å². The third-order valence-corrected chi connectivity index (χ3v) is 2.97. The minimum absolute atomic E-state index is 0.307. The van der Waals surface area contributed by atoms with Crippen LogP contribution in [-0.2, 0) is 11.3 Å². The summed E-state index contributed by atoms with van der Waals surface area (Å²) in [5.74, 6) is 1.30. The van der Waals surface area contributed by atoms with Gasteiger partial charge in [-0.2, -0.15) is 5.10 Å². The molecule has 0 radical (unpaired) electrons. The monoisotopic (exact) mass is 290 g/mol. The number of nitrogens with zero attached hydrogens (tertiary/aromatic N) is 3. The van der Waals surface area contributed by atoms with Crippen LogP contribution in [0.1, 0.15) is 25.5 Å². The first-order valence-electron chi connectivity index (χ1n) is 7.06. The predicted octanol–water partition coefficient (Wildman–Crippen LogP) is 2.39. The van der Waals surface area contributed by atoms with Crippen molar-refractivity contribution in [3.05, 3.63) is 36.3 Å². The number of methoxy groups -OCH3 is 1. The minimum Gasteiger partial charge on any atom is -0.435 e. The van der Waals surface area contributed by atoms with Crippen molar-refractivity contribution in [2.45, 2.75) is 26.4 Å². The van der Waals surface area contributed by atoms with E-state index in [0.717, 1.165) is 12.1 Å². The summed E-state index contributed by atoms with van der Waals surface area (Å²) < 4.78 is 12.7. The van der Waals surface area contributed by atoms with Crippen LogP contribution >= 0.6 is 0 Å². The molecular formula is C15H22N4O2. The summed E-state index contributed by atoms with van der Waals surface area (Å²) in [7, 11) is 1.69. The Labute approximate surface area is 125 Å². The Morgan fingerprint density at radius 3 is 2.95 bits per heavy atom. The van der Waals surface area contributed by atoms with Crippen LogP contribution in [0.4, 0.5) is 0 Å². The van der Waals surface area contributed by atoms with E-state index in [1.165, 1.54) is 0 Å². The molecule has 0 amide bonds. The van der Waals surface area contributed by atoms with Gasteiger partial charge in [-0.1, -0.05) is 6.07 Å². The first kappa shape index (κ1) is 15.5. The van der Waals surface area contributed by atoms with E-state index >= 15 is 0 Å². The van der Waals surface area contributed by atoms with Crippen molar-refractivity contribution in [1.29, 1.82) is 0 Å². The normalized spacial score (nSPS) is 11.0. The highest BCUT2D eigenvalue weighted by atomic mass is 16.5. The Morgan fingerprint density at radius 1 is 1.38 bits per heavy atom. The number of ether oxygens (including phenoxy) is 2. The quantitative estimate of drug-likeness (QED) is 0.756. The Hall–Kier alpha value is -1.92. The van der Waals surface area contributed by atoms with Gasteiger partial charge >= 0.3 is 0 Å². The van der Waals surface area contributed by atoms with E-state index in [4.69, 9.17) is 9.47 Å². The fourth-order valence-electron chi connectivity index (χ4n) is 1.82. The van der Waals surface area contributed by atoms with Crippen LogP contribution in [0.25, 0.3) is 0 Å². The molecule has 21 heavy (non-hydrogen) atoms.